The summed E-state index contributed by atoms with van der Waals surface area (Å²) in [5.41, 5.74) is 5.83. The molecule has 0 aliphatic carbocycles. The van der Waals surface area contributed by atoms with Crippen LogP contribution in [-0.2, 0) is 6.54 Å². The van der Waals surface area contributed by atoms with Crippen molar-refractivity contribution in [2.75, 3.05) is 0 Å². The molecule has 4 N–H and O–H groups in total. The van der Waals surface area contributed by atoms with Crippen LogP contribution in [0.1, 0.15) is 5.82 Å². The third-order valence-electron chi connectivity index (χ3n) is 1.93. The molecule has 2 aromatic rings. The Hall–Kier alpha value is -1.95. The summed E-state index contributed by atoms with van der Waals surface area (Å²) in [6.07, 6.45) is 0. The SMILES string of the molecule is NCc1nc(-c2ccc(O)c(F)c2)n[nH]1. The number of phenolic OH excluding ortho intramolecular Hbond substituents is 1. The summed E-state index contributed by atoms with van der Waals surface area (Å²) in [4.78, 5) is 4.03. The molecule has 6 heteroatoms. The van der Waals surface area contributed by atoms with Gasteiger partial charge in [-0.25, -0.2) is 9.37 Å². The van der Waals surface area contributed by atoms with Gasteiger partial charge in [-0.1, -0.05) is 0 Å². The van der Waals surface area contributed by atoms with Gasteiger partial charge in [0.15, 0.2) is 17.4 Å². The lowest BCUT2D eigenvalue weighted by molar-refractivity contribution is 0.432. The number of benzene rings is 1. The van der Waals surface area contributed by atoms with Gasteiger partial charge in [-0.05, 0) is 18.2 Å². The molecular formula is C9H9FN4O. The average Bonchev–Trinajstić information content (AvgIpc) is 2.70. The minimum Gasteiger partial charge on any atom is -0.505 e. The number of hydrogen-bond donors (Lipinski definition) is 3. The normalized spacial score (nSPS) is 10.5. The number of halogens is 1. The monoisotopic (exact) mass is 208 g/mol. The van der Waals surface area contributed by atoms with Gasteiger partial charge in [-0.3, -0.25) is 5.10 Å². The zero-order valence-corrected chi connectivity index (χ0v) is 7.74. The van der Waals surface area contributed by atoms with Gasteiger partial charge < -0.3 is 10.8 Å². The summed E-state index contributed by atoms with van der Waals surface area (Å²) in [7, 11) is 0. The first-order valence-electron chi connectivity index (χ1n) is 4.31. The van der Waals surface area contributed by atoms with Crippen LogP contribution >= 0.6 is 0 Å². The summed E-state index contributed by atoms with van der Waals surface area (Å²) in [5.74, 6) is -0.215. The highest BCUT2D eigenvalue weighted by Crippen LogP contribution is 2.21. The highest BCUT2D eigenvalue weighted by molar-refractivity contribution is 5.56. The van der Waals surface area contributed by atoms with Crippen LogP contribution in [0.2, 0.25) is 0 Å². The molecule has 15 heavy (non-hydrogen) atoms. The van der Waals surface area contributed by atoms with Gasteiger partial charge in [-0.15, -0.1) is 0 Å². The van der Waals surface area contributed by atoms with E-state index in [0.29, 0.717) is 17.2 Å². The second kappa shape index (κ2) is 3.66. The predicted octanol–water partition coefficient (Wildman–Crippen LogP) is 0.775. The molecule has 1 aromatic carbocycles. The lowest BCUT2D eigenvalue weighted by atomic mass is 10.2. The second-order valence-corrected chi connectivity index (χ2v) is 2.98. The molecule has 0 aliphatic rings. The van der Waals surface area contributed by atoms with Crippen LogP contribution in [0.3, 0.4) is 0 Å². The van der Waals surface area contributed by atoms with Crippen molar-refractivity contribution >= 4 is 0 Å². The molecule has 2 rings (SSSR count). The molecule has 0 amide bonds. The zero-order chi connectivity index (χ0) is 10.8. The van der Waals surface area contributed by atoms with Gasteiger partial charge >= 0.3 is 0 Å². The van der Waals surface area contributed by atoms with Gasteiger partial charge in [0.2, 0.25) is 0 Å². The number of nitrogens with one attached hydrogen (secondary N) is 1. The minimum absolute atomic E-state index is 0.244. The lowest BCUT2D eigenvalue weighted by Gasteiger charge is -1.97. The maximum absolute atomic E-state index is 13.0. The summed E-state index contributed by atoms with van der Waals surface area (Å²) in [5, 5.41) is 15.5. The molecule has 1 heterocycles. The first kappa shape index (κ1) is 9.60. The summed E-state index contributed by atoms with van der Waals surface area (Å²) >= 11 is 0. The van der Waals surface area contributed by atoms with Crippen molar-refractivity contribution in [1.82, 2.24) is 15.2 Å². The third-order valence-corrected chi connectivity index (χ3v) is 1.93. The standard InChI is InChI=1S/C9H9FN4O/c10-6-3-5(1-2-7(6)15)9-12-8(4-11)13-14-9/h1-3,15H,4,11H2,(H,12,13,14). The van der Waals surface area contributed by atoms with Gasteiger partial charge in [-0.2, -0.15) is 5.10 Å². The van der Waals surface area contributed by atoms with Gasteiger partial charge in [0.05, 0.1) is 6.54 Å². The molecule has 0 spiro atoms. The minimum atomic E-state index is -0.702. The average molecular weight is 208 g/mol. The molecule has 0 unspecified atom stereocenters. The van der Waals surface area contributed by atoms with E-state index in [1.807, 2.05) is 0 Å². The van der Waals surface area contributed by atoms with E-state index in [1.54, 1.807) is 0 Å². The Bertz CT molecular complexity index is 483. The van der Waals surface area contributed by atoms with Crippen molar-refractivity contribution in [3.05, 3.63) is 29.8 Å². The molecule has 5 nitrogen and oxygen atoms in total. The maximum Gasteiger partial charge on any atom is 0.181 e. The Morgan fingerprint density at radius 1 is 1.47 bits per heavy atom. The number of rotatable bonds is 2. The molecule has 0 radical (unpaired) electrons. The van der Waals surface area contributed by atoms with Crippen molar-refractivity contribution in [2.24, 2.45) is 5.73 Å². The van der Waals surface area contributed by atoms with E-state index in [1.165, 1.54) is 18.2 Å². The number of aromatic nitrogens is 3. The van der Waals surface area contributed by atoms with Crippen LogP contribution in [0.15, 0.2) is 18.2 Å². The maximum atomic E-state index is 13.0. The van der Waals surface area contributed by atoms with Crippen molar-refractivity contribution in [2.45, 2.75) is 6.54 Å². The number of nitrogens with two attached hydrogens (primary N) is 1. The predicted molar refractivity (Wildman–Crippen MR) is 51.3 cm³/mol. The van der Waals surface area contributed by atoms with E-state index >= 15 is 0 Å². The van der Waals surface area contributed by atoms with Gasteiger partial charge in [0.1, 0.15) is 5.82 Å². The highest BCUT2D eigenvalue weighted by Gasteiger charge is 2.07. The van der Waals surface area contributed by atoms with Gasteiger partial charge in [0, 0.05) is 5.56 Å². The summed E-state index contributed by atoms with van der Waals surface area (Å²) in [6, 6.07) is 3.95. The lowest BCUT2D eigenvalue weighted by Crippen LogP contribution is -1.97. The van der Waals surface area contributed by atoms with Crippen LogP contribution in [0.5, 0.6) is 5.75 Å². The molecule has 78 valence electrons. The summed E-state index contributed by atoms with van der Waals surface area (Å²) in [6.45, 7) is 0.244. The van der Waals surface area contributed by atoms with Crippen molar-refractivity contribution in [3.63, 3.8) is 0 Å². The molecule has 0 saturated carbocycles. The first-order chi connectivity index (χ1) is 7.20. The number of hydrogen-bond acceptors (Lipinski definition) is 4. The zero-order valence-electron chi connectivity index (χ0n) is 7.74. The molecule has 0 atom stereocenters. The van der Waals surface area contributed by atoms with E-state index in [2.05, 4.69) is 15.2 Å². The quantitative estimate of drug-likeness (QED) is 0.680. The van der Waals surface area contributed by atoms with Crippen LogP contribution in [-0.4, -0.2) is 20.3 Å². The number of aromatic amines is 1. The fraction of sp³-hybridized carbons (Fsp3) is 0.111. The molecule has 0 aliphatic heterocycles. The molecule has 0 fully saturated rings. The van der Waals surface area contributed by atoms with E-state index in [-0.39, 0.29) is 6.54 Å². The number of phenols is 1. The van der Waals surface area contributed by atoms with Crippen molar-refractivity contribution in [3.8, 4) is 17.1 Å². The Balaban J connectivity index is 2.40. The largest absolute Gasteiger partial charge is 0.505 e. The fourth-order valence-electron chi connectivity index (χ4n) is 1.16. The van der Waals surface area contributed by atoms with E-state index in [4.69, 9.17) is 10.8 Å². The number of nitrogens with zero attached hydrogens (tertiary/aromatic N) is 2. The molecule has 1 aromatic heterocycles. The Labute approximate surface area is 84.8 Å². The topological polar surface area (TPSA) is 87.8 Å². The summed E-state index contributed by atoms with van der Waals surface area (Å²) < 4.78 is 13.0. The number of H-pyrrole nitrogens is 1. The van der Waals surface area contributed by atoms with Crippen LogP contribution in [0.4, 0.5) is 4.39 Å². The van der Waals surface area contributed by atoms with Gasteiger partial charge in [0.25, 0.3) is 0 Å². The molecule has 0 bridgehead atoms. The first-order valence-corrected chi connectivity index (χ1v) is 4.31. The second-order valence-electron chi connectivity index (χ2n) is 2.98. The molecular weight excluding hydrogens is 199 g/mol. The van der Waals surface area contributed by atoms with Crippen molar-refractivity contribution < 1.29 is 9.50 Å². The fourth-order valence-corrected chi connectivity index (χ4v) is 1.16. The number of aromatic hydroxyl groups is 1. The van der Waals surface area contributed by atoms with E-state index in [9.17, 15) is 4.39 Å². The van der Waals surface area contributed by atoms with Crippen LogP contribution in [0.25, 0.3) is 11.4 Å². The molecule has 0 saturated heterocycles. The smallest absolute Gasteiger partial charge is 0.181 e. The Morgan fingerprint density at radius 3 is 2.87 bits per heavy atom. The van der Waals surface area contributed by atoms with E-state index in [0.717, 1.165) is 0 Å². The van der Waals surface area contributed by atoms with Crippen LogP contribution < -0.4 is 5.73 Å². The highest BCUT2D eigenvalue weighted by atomic mass is 19.1. The third kappa shape index (κ3) is 1.79. The Morgan fingerprint density at radius 2 is 2.27 bits per heavy atom. The van der Waals surface area contributed by atoms with E-state index < -0.39 is 11.6 Å². The van der Waals surface area contributed by atoms with Crippen LogP contribution in [0, 0.1) is 5.82 Å². The Kier molecular flexibility index (Phi) is 2.34. The van der Waals surface area contributed by atoms with Crippen molar-refractivity contribution in [1.29, 1.82) is 0 Å².